The molecule has 96 valence electrons. The van der Waals surface area contributed by atoms with Crippen LogP contribution < -0.4 is 11.1 Å². The van der Waals surface area contributed by atoms with E-state index in [1.807, 2.05) is 0 Å². The summed E-state index contributed by atoms with van der Waals surface area (Å²) in [5, 5.41) is 4.12. The van der Waals surface area contributed by atoms with Crippen LogP contribution in [-0.2, 0) is 4.74 Å². The monoisotopic (exact) mass is 276 g/mol. The fourth-order valence-corrected chi connectivity index (χ4v) is 1.63. The van der Waals surface area contributed by atoms with Crippen LogP contribution in [-0.4, -0.2) is 19.8 Å². The third-order valence-electron chi connectivity index (χ3n) is 2.11. The summed E-state index contributed by atoms with van der Waals surface area (Å²) >= 11 is 11.7. The SMILES string of the molecule is CC(C)COCCNc1cc(Cl)c(Cl)cc1N. The fourth-order valence-electron chi connectivity index (χ4n) is 1.29. The first-order valence-corrected chi connectivity index (χ1v) is 6.32. The van der Waals surface area contributed by atoms with Gasteiger partial charge in [0.15, 0.2) is 0 Å². The molecule has 0 atom stereocenters. The molecule has 0 spiro atoms. The van der Waals surface area contributed by atoms with Crippen LogP contribution in [0.4, 0.5) is 11.4 Å². The minimum atomic E-state index is 0.464. The number of ether oxygens (including phenoxy) is 1. The highest BCUT2D eigenvalue weighted by Gasteiger charge is 2.04. The average molecular weight is 277 g/mol. The van der Waals surface area contributed by atoms with E-state index in [4.69, 9.17) is 33.7 Å². The van der Waals surface area contributed by atoms with Gasteiger partial charge in [0.05, 0.1) is 28.0 Å². The van der Waals surface area contributed by atoms with Crippen LogP contribution in [0, 0.1) is 5.92 Å². The van der Waals surface area contributed by atoms with E-state index < -0.39 is 0 Å². The molecule has 0 bridgehead atoms. The maximum atomic E-state index is 5.91. The highest BCUT2D eigenvalue weighted by atomic mass is 35.5. The first-order chi connectivity index (χ1) is 8.00. The van der Waals surface area contributed by atoms with E-state index in [0.29, 0.717) is 34.8 Å². The number of rotatable bonds is 6. The average Bonchev–Trinajstić information content (AvgIpc) is 2.24. The molecule has 0 aliphatic rings. The van der Waals surface area contributed by atoms with Gasteiger partial charge >= 0.3 is 0 Å². The highest BCUT2D eigenvalue weighted by molar-refractivity contribution is 6.42. The Morgan fingerprint density at radius 2 is 1.94 bits per heavy atom. The van der Waals surface area contributed by atoms with Gasteiger partial charge in [0.25, 0.3) is 0 Å². The molecule has 0 saturated heterocycles. The zero-order valence-electron chi connectivity index (χ0n) is 10.1. The minimum Gasteiger partial charge on any atom is -0.397 e. The largest absolute Gasteiger partial charge is 0.397 e. The second-order valence-electron chi connectivity index (χ2n) is 4.25. The Labute approximate surface area is 112 Å². The summed E-state index contributed by atoms with van der Waals surface area (Å²) in [6.07, 6.45) is 0. The number of hydrogen-bond donors (Lipinski definition) is 2. The molecule has 5 heteroatoms. The molecule has 0 radical (unpaired) electrons. The van der Waals surface area contributed by atoms with Crippen molar-refractivity contribution < 1.29 is 4.74 Å². The van der Waals surface area contributed by atoms with Crippen molar-refractivity contribution in [2.45, 2.75) is 13.8 Å². The number of hydrogen-bond acceptors (Lipinski definition) is 3. The summed E-state index contributed by atoms with van der Waals surface area (Å²) in [7, 11) is 0. The van der Waals surface area contributed by atoms with Gasteiger partial charge in [0.1, 0.15) is 0 Å². The molecule has 0 amide bonds. The molecule has 1 aromatic carbocycles. The third kappa shape index (κ3) is 5.02. The first kappa shape index (κ1) is 14.4. The Morgan fingerprint density at radius 1 is 1.29 bits per heavy atom. The van der Waals surface area contributed by atoms with E-state index in [1.54, 1.807) is 12.1 Å². The van der Waals surface area contributed by atoms with Gasteiger partial charge in [-0.25, -0.2) is 0 Å². The number of halogens is 2. The van der Waals surface area contributed by atoms with E-state index >= 15 is 0 Å². The van der Waals surface area contributed by atoms with Crippen molar-refractivity contribution in [1.82, 2.24) is 0 Å². The smallest absolute Gasteiger partial charge is 0.0639 e. The van der Waals surface area contributed by atoms with Crippen LogP contribution in [0.25, 0.3) is 0 Å². The van der Waals surface area contributed by atoms with Crippen molar-refractivity contribution in [3.63, 3.8) is 0 Å². The van der Waals surface area contributed by atoms with E-state index in [0.717, 1.165) is 12.3 Å². The molecule has 0 aliphatic carbocycles. The molecule has 17 heavy (non-hydrogen) atoms. The molecule has 3 nitrogen and oxygen atoms in total. The number of nitrogens with one attached hydrogen (secondary N) is 1. The summed E-state index contributed by atoms with van der Waals surface area (Å²) in [6.45, 7) is 6.32. The summed E-state index contributed by atoms with van der Waals surface area (Å²) < 4.78 is 5.45. The highest BCUT2D eigenvalue weighted by Crippen LogP contribution is 2.30. The van der Waals surface area contributed by atoms with E-state index in [9.17, 15) is 0 Å². The van der Waals surface area contributed by atoms with Gasteiger partial charge in [-0.2, -0.15) is 0 Å². The molecule has 1 rings (SSSR count). The van der Waals surface area contributed by atoms with Crippen LogP contribution >= 0.6 is 23.2 Å². The molecule has 0 aromatic heterocycles. The van der Waals surface area contributed by atoms with Crippen molar-refractivity contribution in [3.05, 3.63) is 22.2 Å². The van der Waals surface area contributed by atoms with Crippen molar-refractivity contribution in [2.24, 2.45) is 5.92 Å². The van der Waals surface area contributed by atoms with Crippen LogP contribution in [0.3, 0.4) is 0 Å². The molecule has 1 aromatic rings. The summed E-state index contributed by atoms with van der Waals surface area (Å²) in [6, 6.07) is 3.36. The van der Waals surface area contributed by atoms with Crippen molar-refractivity contribution in [2.75, 3.05) is 30.8 Å². The number of benzene rings is 1. The molecule has 0 saturated carbocycles. The van der Waals surface area contributed by atoms with Crippen molar-refractivity contribution >= 4 is 34.6 Å². The van der Waals surface area contributed by atoms with Crippen LogP contribution in [0.1, 0.15) is 13.8 Å². The number of nitrogen functional groups attached to an aromatic ring is 1. The Morgan fingerprint density at radius 3 is 2.59 bits per heavy atom. The molecule has 0 fully saturated rings. The maximum Gasteiger partial charge on any atom is 0.0639 e. The van der Waals surface area contributed by atoms with Crippen LogP contribution in [0.2, 0.25) is 10.0 Å². The second kappa shape index (κ2) is 6.94. The number of nitrogens with two attached hydrogens (primary N) is 1. The number of anilines is 2. The predicted octanol–water partition coefficient (Wildman–Crippen LogP) is 3.66. The van der Waals surface area contributed by atoms with Gasteiger partial charge in [0, 0.05) is 13.2 Å². The van der Waals surface area contributed by atoms with Gasteiger partial charge in [-0.1, -0.05) is 37.0 Å². The van der Waals surface area contributed by atoms with Gasteiger partial charge in [-0.15, -0.1) is 0 Å². The van der Waals surface area contributed by atoms with Crippen LogP contribution in [0.5, 0.6) is 0 Å². The first-order valence-electron chi connectivity index (χ1n) is 5.57. The molecule has 0 heterocycles. The lowest BCUT2D eigenvalue weighted by atomic mass is 10.2. The quantitative estimate of drug-likeness (QED) is 0.616. The van der Waals surface area contributed by atoms with E-state index in [2.05, 4.69) is 19.2 Å². The summed E-state index contributed by atoms with van der Waals surface area (Å²) in [4.78, 5) is 0. The fraction of sp³-hybridized carbons (Fsp3) is 0.500. The van der Waals surface area contributed by atoms with Crippen molar-refractivity contribution in [3.8, 4) is 0 Å². The Balaban J connectivity index is 2.39. The molecule has 0 aliphatic heterocycles. The lowest BCUT2D eigenvalue weighted by molar-refractivity contribution is 0.118. The van der Waals surface area contributed by atoms with Gasteiger partial charge in [0.2, 0.25) is 0 Å². The zero-order chi connectivity index (χ0) is 12.8. The normalized spacial score (nSPS) is 10.9. The second-order valence-corrected chi connectivity index (χ2v) is 5.06. The third-order valence-corrected chi connectivity index (χ3v) is 2.83. The van der Waals surface area contributed by atoms with Crippen molar-refractivity contribution in [1.29, 1.82) is 0 Å². The predicted molar refractivity (Wildman–Crippen MR) is 75.0 cm³/mol. The lowest BCUT2D eigenvalue weighted by Crippen LogP contribution is -2.13. The Bertz CT molecular complexity index is 370. The van der Waals surface area contributed by atoms with Gasteiger partial charge in [-0.05, 0) is 18.1 Å². The molecule has 3 N–H and O–H groups in total. The lowest BCUT2D eigenvalue weighted by Gasteiger charge is -2.11. The minimum absolute atomic E-state index is 0.464. The summed E-state index contributed by atoms with van der Waals surface area (Å²) in [5.74, 6) is 0.546. The molecular formula is C12H18Cl2N2O. The van der Waals surface area contributed by atoms with Gasteiger partial charge in [-0.3, -0.25) is 0 Å². The molecule has 0 unspecified atom stereocenters. The van der Waals surface area contributed by atoms with E-state index in [-0.39, 0.29) is 0 Å². The zero-order valence-corrected chi connectivity index (χ0v) is 11.6. The topological polar surface area (TPSA) is 47.3 Å². The summed E-state index contributed by atoms with van der Waals surface area (Å²) in [5.41, 5.74) is 7.18. The Hall–Kier alpha value is -0.640. The molecular weight excluding hydrogens is 259 g/mol. The van der Waals surface area contributed by atoms with Gasteiger partial charge < -0.3 is 15.8 Å². The van der Waals surface area contributed by atoms with Crippen LogP contribution in [0.15, 0.2) is 12.1 Å². The maximum absolute atomic E-state index is 5.91. The van der Waals surface area contributed by atoms with E-state index in [1.165, 1.54) is 0 Å². The standard InChI is InChI=1S/C12H18Cl2N2O/c1-8(2)7-17-4-3-16-12-6-10(14)9(13)5-11(12)15/h5-6,8,16H,3-4,7,15H2,1-2H3. The Kier molecular flexibility index (Phi) is 5.89.